The number of aryl methyl sites for hydroxylation is 1. The molecule has 3 rings (SSSR count). The Labute approximate surface area is 127 Å². The minimum Gasteiger partial charge on any atom is -0.385 e. The first-order valence-electron chi connectivity index (χ1n) is 7.35. The van der Waals surface area contributed by atoms with E-state index in [0.717, 1.165) is 35.3 Å². The molecular weight excluding hydrogens is 282 g/mol. The number of amides is 1. The normalized spacial score (nSPS) is 13.3. The zero-order chi connectivity index (χ0) is 15.5. The number of rotatable bonds is 4. The van der Waals surface area contributed by atoms with Crippen LogP contribution in [0.2, 0.25) is 0 Å². The van der Waals surface area contributed by atoms with Crippen LogP contribution in [0.25, 0.3) is 0 Å². The molecule has 0 saturated heterocycles. The van der Waals surface area contributed by atoms with Gasteiger partial charge in [0, 0.05) is 25.8 Å². The number of aromatic nitrogens is 3. The number of carbonyl (C=O) groups excluding carboxylic acids is 1. The van der Waals surface area contributed by atoms with Crippen molar-refractivity contribution in [3.8, 4) is 0 Å². The Hall–Kier alpha value is -2.57. The largest absolute Gasteiger partial charge is 0.385 e. The fraction of sp³-hybridized carbons (Fsp3) is 0.400. The van der Waals surface area contributed by atoms with E-state index in [9.17, 15) is 9.59 Å². The van der Waals surface area contributed by atoms with Crippen LogP contribution in [0.5, 0.6) is 0 Å². The molecule has 2 N–H and O–H groups in total. The number of nitrogens with one attached hydrogen (secondary N) is 2. The van der Waals surface area contributed by atoms with Crippen molar-refractivity contribution in [2.75, 3.05) is 11.9 Å². The quantitative estimate of drug-likeness (QED) is 0.848. The maximum absolute atomic E-state index is 12.0. The lowest BCUT2D eigenvalue weighted by atomic mass is 9.97. The van der Waals surface area contributed by atoms with Gasteiger partial charge in [-0.15, -0.1) is 0 Å². The van der Waals surface area contributed by atoms with Gasteiger partial charge in [-0.1, -0.05) is 12.1 Å². The van der Waals surface area contributed by atoms with Gasteiger partial charge >= 0.3 is 5.69 Å². The van der Waals surface area contributed by atoms with Crippen LogP contribution >= 0.6 is 0 Å². The van der Waals surface area contributed by atoms with Crippen molar-refractivity contribution in [2.45, 2.75) is 25.9 Å². The molecule has 0 aliphatic carbocycles. The van der Waals surface area contributed by atoms with E-state index in [2.05, 4.69) is 21.8 Å². The van der Waals surface area contributed by atoms with Crippen LogP contribution < -0.4 is 16.3 Å². The smallest absolute Gasteiger partial charge is 0.345 e. The third kappa shape index (κ3) is 2.88. The molecule has 7 nitrogen and oxygen atoms in total. The van der Waals surface area contributed by atoms with E-state index in [-0.39, 0.29) is 18.1 Å². The molecule has 1 amide bonds. The van der Waals surface area contributed by atoms with Crippen LogP contribution in [0.4, 0.5) is 5.69 Å². The molecule has 0 radical (unpaired) electrons. The Balaban J connectivity index is 1.64. The van der Waals surface area contributed by atoms with Crippen LogP contribution in [0, 0.1) is 0 Å². The third-order valence-electron chi connectivity index (χ3n) is 3.85. The summed E-state index contributed by atoms with van der Waals surface area (Å²) in [4.78, 5) is 23.6. The minimum atomic E-state index is -0.295. The first-order chi connectivity index (χ1) is 10.6. The van der Waals surface area contributed by atoms with Gasteiger partial charge in [-0.2, -0.15) is 5.10 Å². The highest BCUT2D eigenvalue weighted by molar-refractivity contribution is 5.75. The van der Waals surface area contributed by atoms with Gasteiger partial charge in [0.1, 0.15) is 12.9 Å². The van der Waals surface area contributed by atoms with Crippen molar-refractivity contribution >= 4 is 11.6 Å². The topological polar surface area (TPSA) is 81.0 Å². The molecule has 1 aliphatic heterocycles. The average Bonchev–Trinajstić information content (AvgIpc) is 2.85. The van der Waals surface area contributed by atoms with E-state index in [1.54, 1.807) is 7.05 Å². The number of hydrogen-bond acceptors (Lipinski definition) is 4. The summed E-state index contributed by atoms with van der Waals surface area (Å²) in [6, 6.07) is 6.08. The molecular formula is C15H19N5O2. The standard InChI is InChI=1S/C15H19N5O2/c1-19-10-18-20(15(19)22)9-14(21)17-8-11-4-2-6-13-12(11)5-3-7-16-13/h2,4,6,10,16H,3,5,7-9H2,1H3,(H,17,21). The Bertz CT molecular complexity index is 747. The highest BCUT2D eigenvalue weighted by Gasteiger charge is 2.13. The Morgan fingerprint density at radius 3 is 3.09 bits per heavy atom. The van der Waals surface area contributed by atoms with Crippen LogP contribution in [0.1, 0.15) is 17.5 Å². The van der Waals surface area contributed by atoms with Crippen molar-refractivity contribution in [3.63, 3.8) is 0 Å². The summed E-state index contributed by atoms with van der Waals surface area (Å²) in [6.07, 6.45) is 3.52. The van der Waals surface area contributed by atoms with Gasteiger partial charge in [0.15, 0.2) is 0 Å². The number of benzene rings is 1. The second-order valence-corrected chi connectivity index (χ2v) is 5.43. The summed E-state index contributed by atoms with van der Waals surface area (Å²) in [5.41, 5.74) is 3.24. The predicted octanol–water partition coefficient (Wildman–Crippen LogP) is 0.256. The van der Waals surface area contributed by atoms with E-state index < -0.39 is 0 Å². The number of nitrogens with zero attached hydrogens (tertiary/aromatic N) is 3. The van der Waals surface area contributed by atoms with E-state index >= 15 is 0 Å². The molecule has 0 saturated carbocycles. The third-order valence-corrected chi connectivity index (χ3v) is 3.85. The second-order valence-electron chi connectivity index (χ2n) is 5.43. The maximum atomic E-state index is 12.0. The van der Waals surface area contributed by atoms with Gasteiger partial charge in [-0.05, 0) is 30.0 Å². The number of anilines is 1. The van der Waals surface area contributed by atoms with E-state index in [1.165, 1.54) is 16.5 Å². The molecule has 0 fully saturated rings. The molecule has 116 valence electrons. The Morgan fingerprint density at radius 1 is 1.45 bits per heavy atom. The monoisotopic (exact) mass is 301 g/mol. The van der Waals surface area contributed by atoms with E-state index in [4.69, 9.17) is 0 Å². The lowest BCUT2D eigenvalue weighted by molar-refractivity contribution is -0.122. The Kier molecular flexibility index (Phi) is 3.95. The number of carbonyl (C=O) groups is 1. The Morgan fingerprint density at radius 2 is 2.32 bits per heavy atom. The zero-order valence-corrected chi connectivity index (χ0v) is 12.5. The molecule has 0 bridgehead atoms. The first-order valence-corrected chi connectivity index (χ1v) is 7.35. The van der Waals surface area contributed by atoms with Crippen molar-refractivity contribution in [1.29, 1.82) is 0 Å². The van der Waals surface area contributed by atoms with Gasteiger partial charge in [0.05, 0.1) is 0 Å². The zero-order valence-electron chi connectivity index (χ0n) is 12.5. The van der Waals surface area contributed by atoms with Crippen molar-refractivity contribution in [1.82, 2.24) is 19.7 Å². The van der Waals surface area contributed by atoms with E-state index in [1.807, 2.05) is 12.1 Å². The summed E-state index contributed by atoms with van der Waals surface area (Å²) in [5.74, 6) is -0.220. The molecule has 0 atom stereocenters. The molecule has 1 aromatic heterocycles. The van der Waals surface area contributed by atoms with Gasteiger partial charge < -0.3 is 10.6 Å². The molecule has 2 aromatic rings. The molecule has 0 spiro atoms. The highest BCUT2D eigenvalue weighted by Crippen LogP contribution is 2.25. The molecule has 1 aliphatic rings. The summed E-state index contributed by atoms with van der Waals surface area (Å²) in [5, 5.41) is 10.1. The second kappa shape index (κ2) is 6.05. The van der Waals surface area contributed by atoms with Crippen molar-refractivity contribution in [2.24, 2.45) is 7.05 Å². The summed E-state index contributed by atoms with van der Waals surface area (Å²) in [7, 11) is 1.60. The van der Waals surface area contributed by atoms with Gasteiger partial charge in [0.2, 0.25) is 5.91 Å². The fourth-order valence-corrected chi connectivity index (χ4v) is 2.66. The molecule has 2 heterocycles. The van der Waals surface area contributed by atoms with Gasteiger partial charge in [-0.25, -0.2) is 9.48 Å². The van der Waals surface area contributed by atoms with Gasteiger partial charge in [-0.3, -0.25) is 9.36 Å². The lowest BCUT2D eigenvalue weighted by Gasteiger charge is -2.21. The molecule has 0 unspecified atom stereocenters. The average molecular weight is 301 g/mol. The summed E-state index contributed by atoms with van der Waals surface area (Å²) >= 11 is 0. The molecule has 22 heavy (non-hydrogen) atoms. The molecule has 7 heteroatoms. The lowest BCUT2D eigenvalue weighted by Crippen LogP contribution is -2.33. The van der Waals surface area contributed by atoms with Crippen LogP contribution in [0.15, 0.2) is 29.3 Å². The fourth-order valence-electron chi connectivity index (χ4n) is 2.66. The number of hydrogen-bond donors (Lipinski definition) is 2. The van der Waals surface area contributed by atoms with Crippen molar-refractivity contribution < 1.29 is 4.79 Å². The van der Waals surface area contributed by atoms with Crippen LogP contribution in [-0.2, 0) is 31.4 Å². The number of fused-ring (bicyclic) bond motifs is 1. The van der Waals surface area contributed by atoms with Crippen LogP contribution in [-0.4, -0.2) is 26.8 Å². The minimum absolute atomic E-state index is 0.0626. The SMILES string of the molecule is Cn1cnn(CC(=O)NCc2cccc3c2CCCN3)c1=O. The maximum Gasteiger partial charge on any atom is 0.345 e. The first kappa shape index (κ1) is 14.4. The van der Waals surface area contributed by atoms with Crippen LogP contribution in [0.3, 0.4) is 0 Å². The van der Waals surface area contributed by atoms with E-state index in [0.29, 0.717) is 6.54 Å². The van der Waals surface area contributed by atoms with Gasteiger partial charge in [0.25, 0.3) is 0 Å². The molecule has 1 aromatic carbocycles. The highest BCUT2D eigenvalue weighted by atomic mass is 16.2. The summed E-state index contributed by atoms with van der Waals surface area (Å²) < 4.78 is 2.49. The predicted molar refractivity (Wildman–Crippen MR) is 82.6 cm³/mol. The van der Waals surface area contributed by atoms with Crippen molar-refractivity contribution in [3.05, 3.63) is 46.1 Å². The summed E-state index contributed by atoms with van der Waals surface area (Å²) in [6.45, 7) is 1.39.